The van der Waals surface area contributed by atoms with Gasteiger partial charge in [0.25, 0.3) is 0 Å². The monoisotopic (exact) mass is 92.1 g/mol. The van der Waals surface area contributed by atoms with E-state index in [1.807, 2.05) is 6.92 Å². The molecular formula is C3H12N2O. The van der Waals surface area contributed by atoms with E-state index in [1.165, 1.54) is 0 Å². The van der Waals surface area contributed by atoms with Gasteiger partial charge in [-0.1, -0.05) is 6.92 Å². The number of rotatable bonds is 2. The second kappa shape index (κ2) is 8.86. The Morgan fingerprint density at radius 2 is 2.17 bits per heavy atom. The summed E-state index contributed by atoms with van der Waals surface area (Å²) in [6.07, 6.45) is 0.997. The third-order valence-electron chi connectivity index (χ3n) is 0.322. The molecule has 6 heavy (non-hydrogen) atoms. The maximum absolute atomic E-state index is 4.64. The van der Waals surface area contributed by atoms with Crippen LogP contribution in [0.15, 0.2) is 0 Å². The molecule has 0 atom stereocenters. The maximum Gasteiger partial charge on any atom is 0.0676 e. The van der Waals surface area contributed by atoms with E-state index in [2.05, 4.69) is 10.7 Å². The van der Waals surface area contributed by atoms with Crippen LogP contribution in [0.5, 0.6) is 0 Å². The first-order valence-corrected chi connectivity index (χ1v) is 1.73. The van der Waals surface area contributed by atoms with E-state index in [1.54, 1.807) is 0 Å². The minimum Gasteiger partial charge on any atom is -0.344 e. The van der Waals surface area contributed by atoms with Crippen LogP contribution in [0, 0.1) is 0 Å². The zero-order valence-electron chi connectivity index (χ0n) is 4.11. The Labute approximate surface area is 38.0 Å². The molecule has 0 amide bonds. The highest BCUT2D eigenvalue weighted by Crippen LogP contribution is 1.67. The van der Waals surface area contributed by atoms with Gasteiger partial charge < -0.3 is 11.0 Å². The lowest BCUT2D eigenvalue weighted by Gasteiger charge is -1.83. The minimum absolute atomic E-state index is 0. The molecule has 0 aromatic rings. The summed E-state index contributed by atoms with van der Waals surface area (Å²) >= 11 is 0. The van der Waals surface area contributed by atoms with Gasteiger partial charge in [0.2, 0.25) is 0 Å². The highest BCUT2D eigenvalue weighted by atomic mass is 16.6. The quantitative estimate of drug-likeness (QED) is 0.486. The fraction of sp³-hybridized carbons (Fsp3) is 1.00. The molecule has 0 bridgehead atoms. The van der Waals surface area contributed by atoms with Crippen LogP contribution in [0.2, 0.25) is 0 Å². The number of nitrogens with two attached hydrogens (primary N) is 1. The first-order chi connectivity index (χ1) is 2.41. The van der Waals surface area contributed by atoms with Crippen molar-refractivity contribution in [1.29, 1.82) is 0 Å². The molecule has 0 fully saturated rings. The Kier molecular flexibility index (Phi) is 13.7. The van der Waals surface area contributed by atoms with Crippen LogP contribution < -0.4 is 12.0 Å². The van der Waals surface area contributed by atoms with Crippen molar-refractivity contribution < 1.29 is 4.84 Å². The highest BCUT2D eigenvalue weighted by Gasteiger charge is 1.66. The molecule has 0 unspecified atom stereocenters. The maximum atomic E-state index is 4.64. The Balaban J connectivity index is 0. The fourth-order valence-electron chi connectivity index (χ4n) is 0.118. The SMILES string of the molecule is CCCON.N. The summed E-state index contributed by atoms with van der Waals surface area (Å²) in [5.74, 6) is 4.64. The van der Waals surface area contributed by atoms with Gasteiger partial charge in [0.1, 0.15) is 0 Å². The van der Waals surface area contributed by atoms with Crippen LogP contribution >= 0.6 is 0 Å². The van der Waals surface area contributed by atoms with E-state index >= 15 is 0 Å². The predicted octanol–water partition coefficient (Wildman–Crippen LogP) is 0.449. The molecule has 3 nitrogen and oxygen atoms in total. The van der Waals surface area contributed by atoms with Gasteiger partial charge in [-0.05, 0) is 6.42 Å². The van der Waals surface area contributed by atoms with Crippen LogP contribution in [-0.2, 0) is 4.84 Å². The van der Waals surface area contributed by atoms with Gasteiger partial charge in [0, 0.05) is 0 Å². The minimum atomic E-state index is 0. The molecule has 0 aromatic carbocycles. The molecule has 3 heteroatoms. The topological polar surface area (TPSA) is 70.2 Å². The summed E-state index contributed by atoms with van der Waals surface area (Å²) < 4.78 is 0. The molecule has 0 spiro atoms. The molecule has 5 N–H and O–H groups in total. The van der Waals surface area contributed by atoms with Crippen molar-refractivity contribution in [2.45, 2.75) is 13.3 Å². The molecule has 0 radical (unpaired) electrons. The first-order valence-electron chi connectivity index (χ1n) is 1.73. The van der Waals surface area contributed by atoms with Crippen LogP contribution in [0.3, 0.4) is 0 Å². The summed E-state index contributed by atoms with van der Waals surface area (Å²) in [7, 11) is 0. The molecule has 40 valence electrons. The van der Waals surface area contributed by atoms with Gasteiger partial charge in [-0.25, -0.2) is 5.90 Å². The lowest BCUT2D eigenvalue weighted by molar-refractivity contribution is 0.138. The third-order valence-corrected chi connectivity index (χ3v) is 0.322. The second-order valence-electron chi connectivity index (χ2n) is 0.871. The molecule has 0 heterocycles. The summed E-state index contributed by atoms with van der Waals surface area (Å²) in [5.41, 5.74) is 0. The van der Waals surface area contributed by atoms with E-state index < -0.39 is 0 Å². The van der Waals surface area contributed by atoms with Gasteiger partial charge in [-0.3, -0.25) is 0 Å². The van der Waals surface area contributed by atoms with Crippen molar-refractivity contribution in [3.05, 3.63) is 0 Å². The molecular weight excluding hydrogens is 80.0 g/mol. The van der Waals surface area contributed by atoms with Gasteiger partial charge in [0.05, 0.1) is 6.61 Å². The lowest BCUT2D eigenvalue weighted by atomic mass is 10.5. The molecule has 0 saturated heterocycles. The van der Waals surface area contributed by atoms with Crippen molar-refractivity contribution >= 4 is 0 Å². The Morgan fingerprint density at radius 1 is 1.67 bits per heavy atom. The number of hydrogen-bond donors (Lipinski definition) is 2. The molecule has 0 aliphatic rings. The predicted molar refractivity (Wildman–Crippen MR) is 25.5 cm³/mol. The molecule has 0 aromatic heterocycles. The number of hydrogen-bond acceptors (Lipinski definition) is 3. The van der Waals surface area contributed by atoms with Crippen LogP contribution in [0.4, 0.5) is 0 Å². The molecule has 0 saturated carbocycles. The van der Waals surface area contributed by atoms with Gasteiger partial charge in [0.15, 0.2) is 0 Å². The summed E-state index contributed by atoms with van der Waals surface area (Å²) in [6, 6.07) is 0. The Bertz CT molecular complexity index is 16.3. The average molecular weight is 92.1 g/mol. The van der Waals surface area contributed by atoms with E-state index in [-0.39, 0.29) is 6.15 Å². The van der Waals surface area contributed by atoms with E-state index in [0.717, 1.165) is 6.42 Å². The Morgan fingerprint density at radius 3 is 2.17 bits per heavy atom. The fourth-order valence-corrected chi connectivity index (χ4v) is 0.118. The zero-order valence-corrected chi connectivity index (χ0v) is 4.11. The van der Waals surface area contributed by atoms with Gasteiger partial charge in [-0.2, -0.15) is 0 Å². The Hall–Kier alpha value is -0.120. The standard InChI is InChI=1S/C3H9NO.H3N/c1-2-3-5-4;/h2-4H2,1H3;1H3. The third kappa shape index (κ3) is 9.11. The molecule has 0 aliphatic carbocycles. The summed E-state index contributed by atoms with van der Waals surface area (Å²) in [4.78, 5) is 4.19. The van der Waals surface area contributed by atoms with E-state index in [9.17, 15) is 0 Å². The van der Waals surface area contributed by atoms with Gasteiger partial charge >= 0.3 is 0 Å². The molecule has 0 aliphatic heterocycles. The zero-order chi connectivity index (χ0) is 4.12. The summed E-state index contributed by atoms with van der Waals surface area (Å²) in [5, 5.41) is 0. The van der Waals surface area contributed by atoms with Crippen molar-refractivity contribution in [2.75, 3.05) is 6.61 Å². The van der Waals surface area contributed by atoms with Crippen LogP contribution in [0.1, 0.15) is 13.3 Å². The smallest absolute Gasteiger partial charge is 0.0676 e. The van der Waals surface area contributed by atoms with E-state index in [4.69, 9.17) is 0 Å². The van der Waals surface area contributed by atoms with Crippen molar-refractivity contribution in [2.24, 2.45) is 5.90 Å². The highest BCUT2D eigenvalue weighted by molar-refractivity contribution is 4.14. The second-order valence-corrected chi connectivity index (χ2v) is 0.871. The largest absolute Gasteiger partial charge is 0.344 e. The summed E-state index contributed by atoms with van der Waals surface area (Å²) in [6.45, 7) is 2.67. The van der Waals surface area contributed by atoms with Gasteiger partial charge in [-0.15, -0.1) is 0 Å². The van der Waals surface area contributed by atoms with Crippen molar-refractivity contribution in [1.82, 2.24) is 6.15 Å². The van der Waals surface area contributed by atoms with Crippen molar-refractivity contribution in [3.63, 3.8) is 0 Å². The van der Waals surface area contributed by atoms with E-state index in [0.29, 0.717) is 6.61 Å². The van der Waals surface area contributed by atoms with Crippen molar-refractivity contribution in [3.8, 4) is 0 Å². The average Bonchev–Trinajstić information content (AvgIpc) is 1.41. The van der Waals surface area contributed by atoms with Crippen LogP contribution in [-0.4, -0.2) is 6.61 Å². The normalized spacial score (nSPS) is 7.00. The first kappa shape index (κ1) is 9.30. The lowest BCUT2D eigenvalue weighted by Crippen LogP contribution is -1.97. The molecule has 0 rings (SSSR count). The van der Waals surface area contributed by atoms with Crippen LogP contribution in [0.25, 0.3) is 0 Å².